The van der Waals surface area contributed by atoms with E-state index in [4.69, 9.17) is 0 Å². The van der Waals surface area contributed by atoms with Crippen LogP contribution in [0.3, 0.4) is 0 Å². The Labute approximate surface area is 154 Å². The molecule has 2 aromatic rings. The highest BCUT2D eigenvalue weighted by molar-refractivity contribution is 9.10. The van der Waals surface area contributed by atoms with Crippen molar-refractivity contribution in [2.45, 2.75) is 19.3 Å². The minimum Gasteiger partial charge on any atom is -0.507 e. The number of carbonyl (C=O) groups is 1. The van der Waals surface area contributed by atoms with Gasteiger partial charge in [0.15, 0.2) is 0 Å². The molecule has 0 amide bonds. The van der Waals surface area contributed by atoms with Crippen molar-refractivity contribution in [3.63, 3.8) is 0 Å². The molecule has 25 heavy (non-hydrogen) atoms. The first kappa shape index (κ1) is 17.1. The molecule has 0 fully saturated rings. The molecule has 0 bridgehead atoms. The summed E-state index contributed by atoms with van der Waals surface area (Å²) in [5.41, 5.74) is 2.18. The number of benzene rings is 2. The van der Waals surface area contributed by atoms with Gasteiger partial charge in [-0.3, -0.25) is 9.79 Å². The first-order chi connectivity index (χ1) is 11.8. The Morgan fingerprint density at radius 3 is 2.52 bits per heavy atom. The molecule has 0 saturated carbocycles. The Morgan fingerprint density at radius 1 is 1.20 bits per heavy atom. The number of hydrogen-bond donors (Lipinski definition) is 1. The highest BCUT2D eigenvalue weighted by atomic mass is 79.9. The molecule has 0 saturated heterocycles. The lowest BCUT2D eigenvalue weighted by Gasteiger charge is -2.17. The molecule has 0 aliphatic carbocycles. The van der Waals surface area contributed by atoms with Crippen LogP contribution in [0.5, 0.6) is 0 Å². The topological polar surface area (TPSA) is 73.4 Å². The summed E-state index contributed by atoms with van der Waals surface area (Å²) in [6.07, 6.45) is 1.22. The van der Waals surface area contributed by atoms with Crippen LogP contribution in [0.4, 0.5) is 5.69 Å². The van der Waals surface area contributed by atoms with Crippen LogP contribution in [-0.4, -0.2) is 17.1 Å². The highest BCUT2D eigenvalue weighted by Gasteiger charge is 2.24. The third-order valence-corrected chi connectivity index (χ3v) is 4.68. The second-order valence-electron chi connectivity index (χ2n) is 6.32. The van der Waals surface area contributed by atoms with Crippen molar-refractivity contribution in [1.29, 1.82) is 5.26 Å². The molecular formula is C20H15BrN2O2. The second kappa shape index (κ2) is 6.30. The summed E-state index contributed by atoms with van der Waals surface area (Å²) >= 11 is 3.38. The number of ketones is 1. The van der Waals surface area contributed by atoms with E-state index in [1.165, 1.54) is 6.21 Å². The molecule has 2 aromatic carbocycles. The molecule has 124 valence electrons. The fourth-order valence-corrected chi connectivity index (χ4v) is 3.01. The summed E-state index contributed by atoms with van der Waals surface area (Å²) in [6.45, 7) is 3.66. The van der Waals surface area contributed by atoms with Crippen LogP contribution in [0, 0.1) is 11.3 Å². The van der Waals surface area contributed by atoms with Gasteiger partial charge in [0.1, 0.15) is 5.76 Å². The SMILES string of the molecule is CC(C)(C#N)c1ccc(/C(O)=C2/C(=O)C=Nc3ccc(Br)cc32)cc1. The normalized spacial score (nSPS) is 15.5. The second-order valence-corrected chi connectivity index (χ2v) is 7.24. The fraction of sp³-hybridized carbons (Fsp3) is 0.150. The average Bonchev–Trinajstić information content (AvgIpc) is 2.61. The molecular weight excluding hydrogens is 380 g/mol. The maximum atomic E-state index is 12.3. The minimum atomic E-state index is -0.619. The molecule has 1 heterocycles. The fourth-order valence-electron chi connectivity index (χ4n) is 2.64. The van der Waals surface area contributed by atoms with Gasteiger partial charge < -0.3 is 5.11 Å². The largest absolute Gasteiger partial charge is 0.507 e. The number of carbonyl (C=O) groups excluding carboxylic acids is 1. The number of Topliss-reactive ketones (excluding diaryl/α,β-unsaturated/α-hetero) is 1. The van der Waals surface area contributed by atoms with E-state index >= 15 is 0 Å². The van der Waals surface area contributed by atoms with E-state index in [-0.39, 0.29) is 17.1 Å². The molecule has 0 radical (unpaired) electrons. The quantitative estimate of drug-likeness (QED) is 0.577. The van der Waals surface area contributed by atoms with E-state index < -0.39 is 5.41 Å². The molecule has 0 atom stereocenters. The summed E-state index contributed by atoms with van der Waals surface area (Å²) in [5.74, 6) is -0.443. The number of aliphatic imine (C=N–C) groups is 1. The molecule has 0 spiro atoms. The molecule has 1 aliphatic rings. The molecule has 0 unspecified atom stereocenters. The average molecular weight is 395 g/mol. The summed E-state index contributed by atoms with van der Waals surface area (Å²) in [5, 5.41) is 19.9. The number of fused-ring (bicyclic) bond motifs is 1. The Hall–Kier alpha value is -2.71. The van der Waals surface area contributed by atoms with Gasteiger partial charge in [-0.25, -0.2) is 0 Å². The number of halogens is 1. The number of nitrogens with zero attached hydrogens (tertiary/aromatic N) is 2. The highest BCUT2D eigenvalue weighted by Crippen LogP contribution is 2.36. The lowest BCUT2D eigenvalue weighted by atomic mass is 9.85. The van der Waals surface area contributed by atoms with E-state index in [0.29, 0.717) is 16.8 Å². The van der Waals surface area contributed by atoms with Gasteiger partial charge in [0, 0.05) is 15.6 Å². The van der Waals surface area contributed by atoms with Crippen molar-refractivity contribution >= 4 is 44.9 Å². The lowest BCUT2D eigenvalue weighted by molar-refractivity contribution is -0.107. The van der Waals surface area contributed by atoms with Crippen LogP contribution in [0.1, 0.15) is 30.5 Å². The third kappa shape index (κ3) is 3.13. The molecule has 3 rings (SSSR count). The van der Waals surface area contributed by atoms with Crippen LogP contribution in [0.2, 0.25) is 0 Å². The molecule has 1 aliphatic heterocycles. The molecule has 0 aromatic heterocycles. The number of aliphatic hydroxyl groups excluding tert-OH is 1. The predicted octanol–water partition coefficient (Wildman–Crippen LogP) is 4.96. The van der Waals surface area contributed by atoms with Gasteiger partial charge in [-0.15, -0.1) is 0 Å². The van der Waals surface area contributed by atoms with Gasteiger partial charge in [0.05, 0.1) is 29.0 Å². The Bertz CT molecular complexity index is 964. The van der Waals surface area contributed by atoms with Gasteiger partial charge in [-0.2, -0.15) is 5.26 Å². The Morgan fingerprint density at radius 2 is 1.88 bits per heavy atom. The number of aliphatic hydroxyl groups is 1. The van der Waals surface area contributed by atoms with Crippen molar-refractivity contribution in [2.24, 2.45) is 4.99 Å². The van der Waals surface area contributed by atoms with Gasteiger partial charge in [0.2, 0.25) is 5.78 Å². The number of rotatable bonds is 2. The summed E-state index contributed by atoms with van der Waals surface area (Å²) in [6, 6.07) is 14.6. The van der Waals surface area contributed by atoms with E-state index in [2.05, 4.69) is 27.0 Å². The lowest BCUT2D eigenvalue weighted by Crippen LogP contribution is -2.14. The zero-order valence-corrected chi connectivity index (χ0v) is 15.3. The van der Waals surface area contributed by atoms with Crippen LogP contribution in [0.15, 0.2) is 51.9 Å². The van der Waals surface area contributed by atoms with Gasteiger partial charge in [0.25, 0.3) is 0 Å². The first-order valence-electron chi connectivity index (χ1n) is 7.67. The summed E-state index contributed by atoms with van der Waals surface area (Å²) < 4.78 is 0.799. The van der Waals surface area contributed by atoms with E-state index in [1.54, 1.807) is 36.4 Å². The van der Waals surface area contributed by atoms with Crippen molar-refractivity contribution in [2.75, 3.05) is 0 Å². The standard InChI is InChI=1S/C20H15BrN2O2/c1-20(2,11-22)13-5-3-12(4-6-13)19(25)18-15-9-14(21)7-8-16(15)23-10-17(18)24/h3-10,25H,1-2H3/b19-18-. The minimum absolute atomic E-state index is 0.100. The van der Waals surface area contributed by atoms with Crippen molar-refractivity contribution in [1.82, 2.24) is 0 Å². The number of allylic oxidation sites excluding steroid dienone is 1. The summed E-state index contributed by atoms with van der Waals surface area (Å²) in [4.78, 5) is 16.5. The number of hydrogen-bond acceptors (Lipinski definition) is 4. The summed E-state index contributed by atoms with van der Waals surface area (Å²) in [7, 11) is 0. The van der Waals surface area contributed by atoms with Crippen LogP contribution in [-0.2, 0) is 10.2 Å². The van der Waals surface area contributed by atoms with Gasteiger partial charge in [-0.05, 0) is 37.6 Å². The smallest absolute Gasteiger partial charge is 0.208 e. The Kier molecular flexibility index (Phi) is 4.32. The molecule has 5 heteroatoms. The van der Waals surface area contributed by atoms with Crippen LogP contribution < -0.4 is 0 Å². The molecule has 1 N–H and O–H groups in total. The van der Waals surface area contributed by atoms with Crippen molar-refractivity contribution in [3.05, 3.63) is 63.6 Å². The van der Waals surface area contributed by atoms with Crippen LogP contribution >= 0.6 is 15.9 Å². The zero-order valence-electron chi connectivity index (χ0n) is 13.7. The first-order valence-corrected chi connectivity index (χ1v) is 8.46. The van der Waals surface area contributed by atoms with Gasteiger partial charge >= 0.3 is 0 Å². The van der Waals surface area contributed by atoms with Crippen molar-refractivity contribution in [3.8, 4) is 6.07 Å². The van der Waals surface area contributed by atoms with Gasteiger partial charge in [-0.1, -0.05) is 40.2 Å². The maximum Gasteiger partial charge on any atom is 0.208 e. The van der Waals surface area contributed by atoms with Crippen LogP contribution in [0.25, 0.3) is 11.3 Å². The zero-order chi connectivity index (χ0) is 18.2. The van der Waals surface area contributed by atoms with E-state index in [1.807, 2.05) is 19.9 Å². The Balaban J connectivity index is 2.12. The van der Waals surface area contributed by atoms with Crippen molar-refractivity contribution < 1.29 is 9.90 Å². The maximum absolute atomic E-state index is 12.3. The van der Waals surface area contributed by atoms with E-state index in [9.17, 15) is 15.2 Å². The van der Waals surface area contributed by atoms with E-state index in [0.717, 1.165) is 10.0 Å². The predicted molar refractivity (Wildman–Crippen MR) is 102 cm³/mol. The molecule has 4 nitrogen and oxygen atoms in total. The monoisotopic (exact) mass is 394 g/mol. The number of nitriles is 1. The third-order valence-electron chi connectivity index (χ3n) is 4.19.